The van der Waals surface area contributed by atoms with E-state index in [0.29, 0.717) is 45.3 Å². The minimum Gasteiger partial charge on any atom is -0.490 e. The molecule has 0 spiro atoms. The van der Waals surface area contributed by atoms with Crippen molar-refractivity contribution < 1.29 is 19.0 Å². The molecule has 3 aromatic carbocycles. The number of hydrogen-bond acceptors (Lipinski definition) is 7. The standard InChI is InChI=1S/C34H33IN2O5S/c1-6-40-27-17-24(16-26(35)31(27)42-19-23-12-8-20(3)9-13-23)18-28-32(38)37-30(25-14-10-21(4)11-15-25)29(33(39)41-7-2)22(5)36-34(37)43-28/h8-18,30H,6-7,19H2,1-5H3/b28-18+/t30-/m0/s1. The van der Waals surface area contributed by atoms with Gasteiger partial charge in [0.2, 0.25) is 0 Å². The zero-order valence-electron chi connectivity index (χ0n) is 24.8. The molecule has 0 N–H and O–H groups in total. The molecule has 0 radical (unpaired) electrons. The number of carbonyl (C=O) groups is 1. The number of carbonyl (C=O) groups excluding carboxylic acids is 1. The lowest BCUT2D eigenvalue weighted by Gasteiger charge is -2.24. The summed E-state index contributed by atoms with van der Waals surface area (Å²) in [5.74, 6) is 0.801. The molecule has 0 fully saturated rings. The van der Waals surface area contributed by atoms with Crippen LogP contribution < -0.4 is 24.4 Å². The SMILES string of the molecule is CCOC(=O)C1=C(C)N=c2s/c(=C/c3cc(I)c(OCc4ccc(C)cc4)c(OCC)c3)c(=O)n2[C@H]1c1ccc(C)cc1. The van der Waals surface area contributed by atoms with Crippen LogP contribution in [0.4, 0.5) is 0 Å². The van der Waals surface area contributed by atoms with Gasteiger partial charge in [-0.3, -0.25) is 9.36 Å². The molecule has 0 saturated heterocycles. The molecule has 0 unspecified atom stereocenters. The summed E-state index contributed by atoms with van der Waals surface area (Å²) < 4.78 is 20.5. The van der Waals surface area contributed by atoms with Crippen molar-refractivity contribution in [2.24, 2.45) is 4.99 Å². The van der Waals surface area contributed by atoms with Crippen LogP contribution in [0.15, 0.2) is 81.7 Å². The Bertz CT molecular complexity index is 1870. The lowest BCUT2D eigenvalue weighted by atomic mass is 9.95. The van der Waals surface area contributed by atoms with Crippen molar-refractivity contribution in [3.63, 3.8) is 0 Å². The smallest absolute Gasteiger partial charge is 0.338 e. The van der Waals surface area contributed by atoms with E-state index in [9.17, 15) is 9.59 Å². The fourth-order valence-electron chi connectivity index (χ4n) is 4.92. The molecule has 4 aromatic rings. The number of aromatic nitrogens is 1. The number of ether oxygens (including phenoxy) is 3. The maximum Gasteiger partial charge on any atom is 0.338 e. The van der Waals surface area contributed by atoms with E-state index in [1.54, 1.807) is 18.4 Å². The molecular formula is C34H33IN2O5S. The second kappa shape index (κ2) is 13.3. The number of esters is 1. The highest BCUT2D eigenvalue weighted by atomic mass is 127. The lowest BCUT2D eigenvalue weighted by Crippen LogP contribution is -2.39. The van der Waals surface area contributed by atoms with Gasteiger partial charge in [-0.1, -0.05) is 71.0 Å². The van der Waals surface area contributed by atoms with Crippen LogP contribution in [0.2, 0.25) is 0 Å². The van der Waals surface area contributed by atoms with E-state index in [4.69, 9.17) is 14.2 Å². The van der Waals surface area contributed by atoms with E-state index in [0.717, 1.165) is 25.8 Å². The van der Waals surface area contributed by atoms with E-state index in [1.807, 2.05) is 56.3 Å². The zero-order valence-corrected chi connectivity index (χ0v) is 27.7. The van der Waals surface area contributed by atoms with Crippen LogP contribution in [0, 0.1) is 17.4 Å². The van der Waals surface area contributed by atoms with Crippen molar-refractivity contribution in [3.05, 3.63) is 123 Å². The van der Waals surface area contributed by atoms with Crippen molar-refractivity contribution in [2.45, 2.75) is 47.3 Å². The average Bonchev–Trinajstić information content (AvgIpc) is 3.27. The summed E-state index contributed by atoms with van der Waals surface area (Å²) in [4.78, 5) is 32.3. The number of fused-ring (bicyclic) bond motifs is 1. The second-order valence-corrected chi connectivity index (χ2v) is 12.4. The van der Waals surface area contributed by atoms with Crippen molar-refractivity contribution >= 4 is 46.0 Å². The fourth-order valence-corrected chi connectivity index (χ4v) is 6.75. The third-order valence-corrected chi connectivity index (χ3v) is 8.83. The Hall–Kier alpha value is -3.70. The Kier molecular flexibility index (Phi) is 9.51. The highest BCUT2D eigenvalue weighted by Gasteiger charge is 2.33. The number of thiazole rings is 1. The molecule has 1 aromatic heterocycles. The van der Waals surface area contributed by atoms with Gasteiger partial charge in [-0.15, -0.1) is 0 Å². The number of nitrogens with zero attached hydrogens (tertiary/aromatic N) is 2. The highest BCUT2D eigenvalue weighted by Crippen LogP contribution is 2.35. The molecule has 5 rings (SSSR count). The summed E-state index contributed by atoms with van der Waals surface area (Å²) in [6.07, 6.45) is 1.84. The van der Waals surface area contributed by atoms with Crippen LogP contribution >= 0.6 is 33.9 Å². The molecule has 0 bridgehead atoms. The molecule has 0 saturated carbocycles. The predicted octanol–water partition coefficient (Wildman–Crippen LogP) is 6.00. The molecular weight excluding hydrogens is 675 g/mol. The normalized spacial score (nSPS) is 14.7. The third kappa shape index (κ3) is 6.62. The van der Waals surface area contributed by atoms with E-state index in [2.05, 4.69) is 58.8 Å². The van der Waals surface area contributed by atoms with Gasteiger partial charge in [0.25, 0.3) is 5.56 Å². The largest absolute Gasteiger partial charge is 0.490 e. The number of halogens is 1. The molecule has 0 aliphatic carbocycles. The molecule has 43 heavy (non-hydrogen) atoms. The Morgan fingerprint density at radius 2 is 1.65 bits per heavy atom. The minimum atomic E-state index is -0.644. The van der Waals surface area contributed by atoms with E-state index < -0.39 is 12.0 Å². The van der Waals surface area contributed by atoms with Crippen molar-refractivity contribution in [1.82, 2.24) is 4.57 Å². The fraction of sp³-hybridized carbons (Fsp3) is 0.265. The maximum absolute atomic E-state index is 14.0. The van der Waals surface area contributed by atoms with Gasteiger partial charge in [0.05, 0.1) is 38.6 Å². The molecule has 1 aliphatic heterocycles. The summed E-state index contributed by atoms with van der Waals surface area (Å²) in [6, 6.07) is 19.3. The second-order valence-electron chi connectivity index (χ2n) is 10.3. The Morgan fingerprint density at radius 3 is 2.30 bits per heavy atom. The Morgan fingerprint density at radius 1 is 0.977 bits per heavy atom. The molecule has 222 valence electrons. The summed E-state index contributed by atoms with van der Waals surface area (Å²) in [7, 11) is 0. The summed E-state index contributed by atoms with van der Waals surface area (Å²) in [5, 5.41) is 0. The van der Waals surface area contributed by atoms with Crippen LogP contribution in [-0.4, -0.2) is 23.8 Å². The van der Waals surface area contributed by atoms with Gasteiger partial charge in [-0.2, -0.15) is 0 Å². The Balaban J connectivity index is 1.58. The van der Waals surface area contributed by atoms with Gasteiger partial charge in [-0.05, 0) is 92.1 Å². The van der Waals surface area contributed by atoms with E-state index >= 15 is 0 Å². The van der Waals surface area contributed by atoms with Crippen LogP contribution in [0.3, 0.4) is 0 Å². The number of benzene rings is 3. The van der Waals surface area contributed by atoms with Gasteiger partial charge < -0.3 is 14.2 Å². The number of allylic oxidation sites excluding steroid dienone is 1. The summed E-state index contributed by atoms with van der Waals surface area (Å²) in [6.45, 7) is 10.6. The van der Waals surface area contributed by atoms with Crippen LogP contribution in [0.5, 0.6) is 11.5 Å². The number of rotatable bonds is 9. The molecule has 2 heterocycles. The average molecular weight is 709 g/mol. The van der Waals surface area contributed by atoms with E-state index in [1.165, 1.54) is 16.9 Å². The first-order valence-electron chi connectivity index (χ1n) is 14.1. The maximum atomic E-state index is 14.0. The quantitative estimate of drug-likeness (QED) is 0.158. The topological polar surface area (TPSA) is 79.1 Å². The van der Waals surface area contributed by atoms with Gasteiger partial charge in [0, 0.05) is 0 Å². The van der Waals surface area contributed by atoms with Gasteiger partial charge in [-0.25, -0.2) is 9.79 Å². The third-order valence-electron chi connectivity index (χ3n) is 7.04. The zero-order chi connectivity index (χ0) is 30.7. The highest BCUT2D eigenvalue weighted by molar-refractivity contribution is 14.1. The van der Waals surface area contributed by atoms with Crippen LogP contribution in [0.25, 0.3) is 6.08 Å². The van der Waals surface area contributed by atoms with Crippen LogP contribution in [-0.2, 0) is 16.1 Å². The molecule has 0 amide bonds. The minimum absolute atomic E-state index is 0.226. The summed E-state index contributed by atoms with van der Waals surface area (Å²) in [5.41, 5.74) is 5.65. The first-order valence-corrected chi connectivity index (χ1v) is 16.0. The van der Waals surface area contributed by atoms with Crippen LogP contribution in [0.1, 0.15) is 54.6 Å². The van der Waals surface area contributed by atoms with Gasteiger partial charge in [0.1, 0.15) is 6.61 Å². The molecule has 9 heteroatoms. The molecule has 1 atom stereocenters. The van der Waals surface area contributed by atoms with Gasteiger partial charge in [0.15, 0.2) is 16.3 Å². The van der Waals surface area contributed by atoms with E-state index in [-0.39, 0.29) is 12.2 Å². The molecule has 7 nitrogen and oxygen atoms in total. The first kappa shape index (κ1) is 30.7. The van der Waals surface area contributed by atoms with Crippen molar-refractivity contribution in [3.8, 4) is 11.5 Å². The molecule has 1 aliphatic rings. The lowest BCUT2D eigenvalue weighted by molar-refractivity contribution is -0.139. The summed E-state index contributed by atoms with van der Waals surface area (Å²) >= 11 is 3.53. The first-order chi connectivity index (χ1) is 20.7. The Labute approximate surface area is 268 Å². The van der Waals surface area contributed by atoms with Crippen molar-refractivity contribution in [1.29, 1.82) is 0 Å². The number of aryl methyl sites for hydroxylation is 2. The predicted molar refractivity (Wildman–Crippen MR) is 177 cm³/mol. The van der Waals surface area contributed by atoms with Crippen molar-refractivity contribution in [2.75, 3.05) is 13.2 Å². The monoisotopic (exact) mass is 708 g/mol. The van der Waals surface area contributed by atoms with Gasteiger partial charge >= 0.3 is 5.97 Å². The number of hydrogen-bond donors (Lipinski definition) is 0.